The standard InChI is InChI=1S/C18H33N5O6/c1-9(2)7-12(18(28)29)22-17(27)15(10(3)4)23-16(26)11(5-6-13(20)24)21-14(25)8-19/h9-12,15H,5-8,19H2,1-4H3,(H2,20,24)(H,21,25)(H,22,27)(H,23,26)(H,28,29). The second-order valence-electron chi connectivity index (χ2n) is 7.59. The lowest BCUT2D eigenvalue weighted by Gasteiger charge is -2.27. The van der Waals surface area contributed by atoms with E-state index in [4.69, 9.17) is 11.5 Å². The highest BCUT2D eigenvalue weighted by Crippen LogP contribution is 2.09. The van der Waals surface area contributed by atoms with E-state index in [-0.39, 0.29) is 37.6 Å². The average molecular weight is 415 g/mol. The van der Waals surface area contributed by atoms with Crippen LogP contribution in [-0.4, -0.2) is 59.4 Å². The molecule has 0 saturated carbocycles. The summed E-state index contributed by atoms with van der Waals surface area (Å²) in [6.07, 6.45) is 0.00896. The molecule has 0 heterocycles. The van der Waals surface area contributed by atoms with Crippen molar-refractivity contribution >= 4 is 29.6 Å². The molecule has 11 heteroatoms. The summed E-state index contributed by atoms with van der Waals surface area (Å²) in [6.45, 7) is 6.66. The van der Waals surface area contributed by atoms with Gasteiger partial charge in [-0.2, -0.15) is 0 Å². The van der Waals surface area contributed by atoms with E-state index >= 15 is 0 Å². The SMILES string of the molecule is CC(C)CC(NC(=O)C(NC(=O)C(CCC(N)=O)NC(=O)CN)C(C)C)C(=O)O. The number of carbonyl (C=O) groups is 5. The molecule has 3 unspecified atom stereocenters. The third kappa shape index (κ3) is 10.4. The number of nitrogens with two attached hydrogens (primary N) is 2. The van der Waals surface area contributed by atoms with Gasteiger partial charge >= 0.3 is 5.97 Å². The second-order valence-corrected chi connectivity index (χ2v) is 7.59. The number of carbonyl (C=O) groups excluding carboxylic acids is 4. The van der Waals surface area contributed by atoms with Crippen molar-refractivity contribution in [2.75, 3.05) is 6.54 Å². The van der Waals surface area contributed by atoms with Crippen LogP contribution < -0.4 is 27.4 Å². The smallest absolute Gasteiger partial charge is 0.326 e. The van der Waals surface area contributed by atoms with Crippen LogP contribution in [-0.2, 0) is 24.0 Å². The normalized spacial score (nSPS) is 14.0. The Morgan fingerprint density at radius 1 is 0.897 bits per heavy atom. The minimum absolute atomic E-state index is 0.0353. The third-order valence-corrected chi connectivity index (χ3v) is 4.09. The van der Waals surface area contributed by atoms with Crippen molar-refractivity contribution in [3.63, 3.8) is 0 Å². The van der Waals surface area contributed by atoms with Crippen LogP contribution in [0.1, 0.15) is 47.0 Å². The Bertz CT molecular complexity index is 608. The van der Waals surface area contributed by atoms with E-state index in [1.807, 2.05) is 13.8 Å². The molecule has 11 nitrogen and oxygen atoms in total. The van der Waals surface area contributed by atoms with Gasteiger partial charge in [0, 0.05) is 6.42 Å². The maximum absolute atomic E-state index is 12.6. The Balaban J connectivity index is 5.30. The first kappa shape index (κ1) is 26.3. The van der Waals surface area contributed by atoms with Crippen LogP contribution in [0.15, 0.2) is 0 Å². The summed E-state index contributed by atoms with van der Waals surface area (Å²) in [7, 11) is 0. The summed E-state index contributed by atoms with van der Waals surface area (Å²) in [5.41, 5.74) is 10.3. The number of hydrogen-bond donors (Lipinski definition) is 6. The number of hydrogen-bond acceptors (Lipinski definition) is 6. The van der Waals surface area contributed by atoms with Crippen molar-refractivity contribution in [1.82, 2.24) is 16.0 Å². The van der Waals surface area contributed by atoms with Crippen LogP contribution in [0.4, 0.5) is 0 Å². The highest BCUT2D eigenvalue weighted by Gasteiger charge is 2.31. The summed E-state index contributed by atoms with van der Waals surface area (Å²) in [6, 6.07) is -3.25. The fourth-order valence-corrected chi connectivity index (χ4v) is 2.55. The monoisotopic (exact) mass is 415 g/mol. The molecule has 3 atom stereocenters. The topological polar surface area (TPSA) is 194 Å². The molecule has 0 spiro atoms. The highest BCUT2D eigenvalue weighted by atomic mass is 16.4. The van der Waals surface area contributed by atoms with Crippen LogP contribution in [0.3, 0.4) is 0 Å². The molecule has 0 aromatic heterocycles. The van der Waals surface area contributed by atoms with Gasteiger partial charge < -0.3 is 32.5 Å². The van der Waals surface area contributed by atoms with Gasteiger partial charge in [-0.25, -0.2) is 4.79 Å². The fourth-order valence-electron chi connectivity index (χ4n) is 2.55. The molecule has 4 amide bonds. The maximum atomic E-state index is 12.6. The van der Waals surface area contributed by atoms with Crippen molar-refractivity contribution in [1.29, 1.82) is 0 Å². The van der Waals surface area contributed by atoms with Gasteiger partial charge in [-0.1, -0.05) is 27.7 Å². The molecule has 0 rings (SSSR count). The number of rotatable bonds is 13. The summed E-state index contributed by atoms with van der Waals surface area (Å²) in [4.78, 5) is 59.2. The van der Waals surface area contributed by atoms with Gasteiger partial charge in [0.1, 0.15) is 18.1 Å². The quantitative estimate of drug-likeness (QED) is 0.209. The number of carboxylic acid groups (broad SMARTS) is 1. The molecule has 8 N–H and O–H groups in total. The lowest BCUT2D eigenvalue weighted by molar-refractivity contribution is -0.143. The molecular weight excluding hydrogens is 382 g/mol. The first-order chi connectivity index (χ1) is 13.4. The fraction of sp³-hybridized carbons (Fsp3) is 0.722. The number of aliphatic carboxylic acids is 1. The zero-order valence-corrected chi connectivity index (χ0v) is 17.4. The highest BCUT2D eigenvalue weighted by molar-refractivity contribution is 5.94. The van der Waals surface area contributed by atoms with Crippen LogP contribution >= 0.6 is 0 Å². The lowest BCUT2D eigenvalue weighted by Crippen LogP contribution is -2.57. The van der Waals surface area contributed by atoms with Gasteiger partial charge in [-0.3, -0.25) is 19.2 Å². The molecule has 29 heavy (non-hydrogen) atoms. The van der Waals surface area contributed by atoms with Crippen molar-refractivity contribution in [2.45, 2.75) is 65.1 Å². The van der Waals surface area contributed by atoms with Gasteiger partial charge in [-0.15, -0.1) is 0 Å². The molecule has 166 valence electrons. The predicted molar refractivity (Wildman–Crippen MR) is 105 cm³/mol. The Labute approximate surface area is 170 Å². The second kappa shape index (κ2) is 12.7. The molecule has 0 aromatic carbocycles. The van der Waals surface area contributed by atoms with Crippen LogP contribution in [0.2, 0.25) is 0 Å². The molecule has 0 fully saturated rings. The first-order valence-electron chi connectivity index (χ1n) is 9.50. The van der Waals surface area contributed by atoms with E-state index in [2.05, 4.69) is 16.0 Å². The van der Waals surface area contributed by atoms with Crippen LogP contribution in [0.25, 0.3) is 0 Å². The van der Waals surface area contributed by atoms with E-state index in [1.165, 1.54) is 0 Å². The minimum Gasteiger partial charge on any atom is -0.480 e. The van der Waals surface area contributed by atoms with E-state index < -0.39 is 47.7 Å². The Hall–Kier alpha value is -2.69. The molecule has 0 aliphatic carbocycles. The molecule has 0 aromatic rings. The molecule has 0 saturated heterocycles. The van der Waals surface area contributed by atoms with Crippen molar-refractivity contribution in [3.8, 4) is 0 Å². The van der Waals surface area contributed by atoms with Crippen LogP contribution in [0, 0.1) is 11.8 Å². The van der Waals surface area contributed by atoms with Crippen molar-refractivity contribution in [2.24, 2.45) is 23.3 Å². The largest absolute Gasteiger partial charge is 0.480 e. The predicted octanol–water partition coefficient (Wildman–Crippen LogP) is -1.55. The Morgan fingerprint density at radius 3 is 1.90 bits per heavy atom. The van der Waals surface area contributed by atoms with Crippen LogP contribution in [0.5, 0.6) is 0 Å². The third-order valence-electron chi connectivity index (χ3n) is 4.09. The zero-order valence-electron chi connectivity index (χ0n) is 17.4. The summed E-state index contributed by atoms with van der Waals surface area (Å²) in [5, 5.41) is 16.6. The minimum atomic E-state index is -1.17. The maximum Gasteiger partial charge on any atom is 0.326 e. The van der Waals surface area contributed by atoms with Gasteiger partial charge in [0.25, 0.3) is 0 Å². The van der Waals surface area contributed by atoms with E-state index in [0.29, 0.717) is 0 Å². The number of carboxylic acids is 1. The Kier molecular flexibility index (Phi) is 11.5. The van der Waals surface area contributed by atoms with Gasteiger partial charge in [0.15, 0.2) is 0 Å². The van der Waals surface area contributed by atoms with E-state index in [1.54, 1.807) is 13.8 Å². The van der Waals surface area contributed by atoms with Crippen molar-refractivity contribution < 1.29 is 29.1 Å². The van der Waals surface area contributed by atoms with E-state index in [9.17, 15) is 29.1 Å². The lowest BCUT2D eigenvalue weighted by atomic mass is 9.99. The van der Waals surface area contributed by atoms with Gasteiger partial charge in [-0.05, 0) is 24.7 Å². The molecule has 0 aliphatic rings. The van der Waals surface area contributed by atoms with Gasteiger partial charge in [0.2, 0.25) is 23.6 Å². The van der Waals surface area contributed by atoms with E-state index in [0.717, 1.165) is 0 Å². The Morgan fingerprint density at radius 2 is 1.48 bits per heavy atom. The van der Waals surface area contributed by atoms with Gasteiger partial charge in [0.05, 0.1) is 6.54 Å². The summed E-state index contributed by atoms with van der Waals surface area (Å²) < 4.78 is 0. The molecule has 0 bridgehead atoms. The number of primary amides is 1. The van der Waals surface area contributed by atoms with Crippen molar-refractivity contribution in [3.05, 3.63) is 0 Å². The molecule has 0 radical (unpaired) electrons. The summed E-state index contributed by atoms with van der Waals surface area (Å²) >= 11 is 0. The number of amides is 4. The number of nitrogens with one attached hydrogen (secondary N) is 3. The molecule has 0 aliphatic heterocycles. The zero-order chi connectivity index (χ0) is 22.7. The molecular formula is C18H33N5O6. The average Bonchev–Trinajstić information content (AvgIpc) is 2.60. The first-order valence-corrected chi connectivity index (χ1v) is 9.50. The summed E-state index contributed by atoms with van der Waals surface area (Å²) in [5.74, 6) is -4.11.